The molecule has 364 valence electrons. The van der Waals surface area contributed by atoms with Gasteiger partial charge in [0.15, 0.2) is 6.10 Å². The first kappa shape index (κ1) is 60.3. The molecule has 0 rings (SSSR count). The van der Waals surface area contributed by atoms with Crippen molar-refractivity contribution < 1.29 is 28.6 Å². The van der Waals surface area contributed by atoms with E-state index in [1.165, 1.54) is 96.3 Å². The summed E-state index contributed by atoms with van der Waals surface area (Å²) in [6, 6.07) is 0. The maximum atomic E-state index is 12.8. The zero-order chi connectivity index (χ0) is 46.5. The highest BCUT2D eigenvalue weighted by Gasteiger charge is 2.19. The zero-order valence-electron chi connectivity index (χ0n) is 41.5. The maximum absolute atomic E-state index is 12.8. The second-order valence-electron chi connectivity index (χ2n) is 17.1. The van der Waals surface area contributed by atoms with Crippen molar-refractivity contribution in [2.45, 2.75) is 239 Å². The highest BCUT2D eigenvalue weighted by Crippen LogP contribution is 2.13. The molecule has 0 aliphatic rings. The van der Waals surface area contributed by atoms with Crippen molar-refractivity contribution in [2.75, 3.05) is 13.2 Å². The summed E-state index contributed by atoms with van der Waals surface area (Å²) in [5.41, 5.74) is 0. The average molecular weight is 889 g/mol. The molecule has 6 nitrogen and oxygen atoms in total. The number of carbonyl (C=O) groups excluding carboxylic acids is 3. The van der Waals surface area contributed by atoms with E-state index < -0.39 is 6.10 Å². The fraction of sp³-hybridized carbons (Fsp3) is 0.672. The molecule has 0 aromatic rings. The van der Waals surface area contributed by atoms with Gasteiger partial charge in [-0.3, -0.25) is 14.4 Å². The Balaban J connectivity index is 4.33. The van der Waals surface area contributed by atoms with Crippen molar-refractivity contribution in [3.05, 3.63) is 97.2 Å². The Morgan fingerprint density at radius 2 is 0.625 bits per heavy atom. The molecule has 0 aromatic carbocycles. The minimum Gasteiger partial charge on any atom is -0.462 e. The second kappa shape index (κ2) is 52.0. The lowest BCUT2D eigenvalue weighted by atomic mass is 10.1. The zero-order valence-corrected chi connectivity index (χ0v) is 41.5. The average Bonchev–Trinajstić information content (AvgIpc) is 3.29. The van der Waals surface area contributed by atoms with Gasteiger partial charge in [-0.25, -0.2) is 0 Å². The molecule has 1 atom stereocenters. The third kappa shape index (κ3) is 49.3. The molecule has 0 saturated carbocycles. The third-order valence-corrected chi connectivity index (χ3v) is 10.8. The van der Waals surface area contributed by atoms with E-state index in [4.69, 9.17) is 14.2 Å². The number of carbonyl (C=O) groups is 3. The van der Waals surface area contributed by atoms with E-state index in [9.17, 15) is 14.4 Å². The molecule has 0 amide bonds. The van der Waals surface area contributed by atoms with E-state index in [0.29, 0.717) is 19.3 Å². The van der Waals surface area contributed by atoms with Gasteiger partial charge in [0.25, 0.3) is 0 Å². The molecule has 0 bridgehead atoms. The summed E-state index contributed by atoms with van der Waals surface area (Å²) in [6.45, 7) is 6.40. The minimum atomic E-state index is -0.800. The van der Waals surface area contributed by atoms with Crippen LogP contribution in [0.4, 0.5) is 0 Å². The van der Waals surface area contributed by atoms with E-state index in [1.807, 2.05) is 0 Å². The highest BCUT2D eigenvalue weighted by molar-refractivity contribution is 5.71. The Labute approximate surface area is 394 Å². The van der Waals surface area contributed by atoms with Gasteiger partial charge in [0.05, 0.1) is 0 Å². The van der Waals surface area contributed by atoms with Crippen LogP contribution >= 0.6 is 0 Å². The highest BCUT2D eigenvalue weighted by atomic mass is 16.6. The van der Waals surface area contributed by atoms with E-state index in [-0.39, 0.29) is 37.5 Å². The fourth-order valence-electron chi connectivity index (χ4n) is 6.90. The van der Waals surface area contributed by atoms with Gasteiger partial charge in [-0.2, -0.15) is 0 Å². The van der Waals surface area contributed by atoms with Crippen molar-refractivity contribution in [1.29, 1.82) is 0 Å². The normalized spacial score (nSPS) is 12.9. The number of hydrogen-bond acceptors (Lipinski definition) is 6. The van der Waals surface area contributed by atoms with Crippen LogP contribution < -0.4 is 0 Å². The van der Waals surface area contributed by atoms with Crippen LogP contribution in [0.2, 0.25) is 0 Å². The molecule has 0 aromatic heterocycles. The number of ether oxygens (including phenoxy) is 3. The summed E-state index contributed by atoms with van der Waals surface area (Å²) >= 11 is 0. The van der Waals surface area contributed by atoms with Gasteiger partial charge in [-0.1, -0.05) is 214 Å². The lowest BCUT2D eigenvalue weighted by molar-refractivity contribution is -0.167. The van der Waals surface area contributed by atoms with Gasteiger partial charge < -0.3 is 14.2 Å². The fourth-order valence-corrected chi connectivity index (χ4v) is 6.90. The quantitative estimate of drug-likeness (QED) is 0.0262. The number of rotatable bonds is 46. The first-order chi connectivity index (χ1) is 31.5. The Morgan fingerprint density at radius 3 is 1.03 bits per heavy atom. The Hall–Kier alpha value is -3.67. The predicted octanol–water partition coefficient (Wildman–Crippen LogP) is 17.4. The van der Waals surface area contributed by atoms with E-state index in [1.54, 1.807) is 0 Å². The number of esters is 3. The molecular formula is C58H96O6. The van der Waals surface area contributed by atoms with Crippen molar-refractivity contribution >= 4 is 17.9 Å². The molecule has 6 heteroatoms. The number of allylic oxidation sites excluding steroid dienone is 16. The molecule has 0 radical (unpaired) electrons. The predicted molar refractivity (Wildman–Crippen MR) is 274 cm³/mol. The Bertz CT molecular complexity index is 1300. The lowest BCUT2D eigenvalue weighted by Crippen LogP contribution is -2.30. The van der Waals surface area contributed by atoms with Crippen molar-refractivity contribution in [2.24, 2.45) is 0 Å². The van der Waals surface area contributed by atoms with Gasteiger partial charge in [-0.15, -0.1) is 0 Å². The van der Waals surface area contributed by atoms with Gasteiger partial charge in [0, 0.05) is 19.3 Å². The molecule has 1 unspecified atom stereocenters. The molecule has 0 aliphatic heterocycles. The largest absolute Gasteiger partial charge is 0.462 e. The maximum Gasteiger partial charge on any atom is 0.306 e. The Kier molecular flexibility index (Phi) is 49.0. The van der Waals surface area contributed by atoms with Crippen LogP contribution in [-0.2, 0) is 28.6 Å². The number of unbranched alkanes of at least 4 members (excludes halogenated alkanes) is 19. The monoisotopic (exact) mass is 889 g/mol. The van der Waals surface area contributed by atoms with Crippen LogP contribution in [0.1, 0.15) is 233 Å². The van der Waals surface area contributed by atoms with Crippen molar-refractivity contribution in [3.8, 4) is 0 Å². The van der Waals surface area contributed by atoms with Gasteiger partial charge in [-0.05, 0) is 96.3 Å². The Morgan fingerprint density at radius 1 is 0.328 bits per heavy atom. The molecule has 0 spiro atoms. The third-order valence-electron chi connectivity index (χ3n) is 10.8. The molecular weight excluding hydrogens is 793 g/mol. The molecule has 64 heavy (non-hydrogen) atoms. The van der Waals surface area contributed by atoms with Crippen LogP contribution in [0.5, 0.6) is 0 Å². The van der Waals surface area contributed by atoms with Crippen LogP contribution in [0, 0.1) is 0 Å². The van der Waals surface area contributed by atoms with E-state index in [2.05, 4.69) is 118 Å². The summed E-state index contributed by atoms with van der Waals surface area (Å²) in [4.78, 5) is 37.7. The first-order valence-electron chi connectivity index (χ1n) is 26.2. The lowest BCUT2D eigenvalue weighted by Gasteiger charge is -2.18. The summed E-state index contributed by atoms with van der Waals surface area (Å²) in [5.74, 6) is -0.977. The van der Waals surface area contributed by atoms with Gasteiger partial charge in [0.1, 0.15) is 13.2 Å². The summed E-state index contributed by atoms with van der Waals surface area (Å²) in [7, 11) is 0. The molecule has 0 heterocycles. The summed E-state index contributed by atoms with van der Waals surface area (Å²) in [5, 5.41) is 0. The smallest absolute Gasteiger partial charge is 0.306 e. The van der Waals surface area contributed by atoms with Crippen LogP contribution in [0.3, 0.4) is 0 Å². The standard InChI is InChI=1S/C58H96O6/c1-4-7-10-13-16-18-20-22-24-26-27-28-29-30-31-33-34-36-38-40-42-45-48-51-57(60)63-54-55(53-62-56(59)50-47-44-15-12-9-6-3)64-58(61)52-49-46-43-41-39-37-35-32-25-23-21-19-17-14-11-8-5-2/h7,10,16,18,22-25,27-28,30-31,34,36,40,42,55H,4-6,8-9,11-15,17,19-21,26,29,32-33,35,37-39,41,43-54H2,1-3H3/b10-7-,18-16-,24-22-,25-23-,28-27-,31-30-,36-34-,42-40-. The second-order valence-corrected chi connectivity index (χ2v) is 17.1. The first-order valence-corrected chi connectivity index (χ1v) is 26.2. The summed E-state index contributed by atoms with van der Waals surface area (Å²) < 4.78 is 16.7. The van der Waals surface area contributed by atoms with Gasteiger partial charge in [0.2, 0.25) is 0 Å². The minimum absolute atomic E-state index is 0.0980. The topological polar surface area (TPSA) is 78.9 Å². The van der Waals surface area contributed by atoms with E-state index >= 15 is 0 Å². The van der Waals surface area contributed by atoms with Crippen LogP contribution in [-0.4, -0.2) is 37.2 Å². The van der Waals surface area contributed by atoms with Crippen molar-refractivity contribution in [3.63, 3.8) is 0 Å². The molecule has 0 saturated heterocycles. The van der Waals surface area contributed by atoms with Gasteiger partial charge >= 0.3 is 17.9 Å². The summed E-state index contributed by atoms with van der Waals surface area (Å²) in [6.07, 6.45) is 68.5. The molecule has 0 fully saturated rings. The van der Waals surface area contributed by atoms with Crippen molar-refractivity contribution in [1.82, 2.24) is 0 Å². The SMILES string of the molecule is CC/C=C\C/C=C\C/C=C\C/C=C\C/C=C\C/C=C\C/C=C\CCCC(=O)OCC(COC(=O)CCCCCCCC)OC(=O)CCCCCCCCC/C=C\CCCCCCCC. The van der Waals surface area contributed by atoms with Crippen LogP contribution in [0.15, 0.2) is 97.2 Å². The molecule has 0 aliphatic carbocycles. The number of hydrogen-bond donors (Lipinski definition) is 0. The van der Waals surface area contributed by atoms with Crippen LogP contribution in [0.25, 0.3) is 0 Å². The van der Waals surface area contributed by atoms with E-state index in [0.717, 1.165) is 89.9 Å². The molecule has 0 N–H and O–H groups in total.